The Hall–Kier alpha value is -1.56. The van der Waals surface area contributed by atoms with Crippen LogP contribution in [0.4, 0.5) is 4.39 Å². The molecule has 2 rings (SSSR count). The molecule has 1 aromatic rings. The van der Waals surface area contributed by atoms with Gasteiger partial charge in [0.05, 0.1) is 18.2 Å². The minimum Gasteiger partial charge on any atom is -0.490 e. The molecule has 0 radical (unpaired) electrons. The minimum absolute atomic E-state index is 0.255. The Kier molecular flexibility index (Phi) is 3.40. The second-order valence-electron chi connectivity index (χ2n) is 4.22. The van der Waals surface area contributed by atoms with Crippen molar-refractivity contribution in [1.29, 1.82) is 5.26 Å². The van der Waals surface area contributed by atoms with Gasteiger partial charge in [-0.2, -0.15) is 5.26 Å². The molecule has 1 fully saturated rings. The number of hydrogen-bond acceptors (Lipinski definition) is 2. The van der Waals surface area contributed by atoms with Crippen LogP contribution in [-0.4, -0.2) is 6.61 Å². The van der Waals surface area contributed by atoms with Gasteiger partial charge in [-0.1, -0.05) is 12.8 Å². The van der Waals surface area contributed by atoms with Crippen LogP contribution in [0.2, 0.25) is 0 Å². The maximum Gasteiger partial charge on any atom is 0.166 e. The molecule has 0 N–H and O–H groups in total. The summed E-state index contributed by atoms with van der Waals surface area (Å²) in [4.78, 5) is 0. The lowest BCUT2D eigenvalue weighted by molar-refractivity contribution is 0.242. The Balaban J connectivity index is 1.96. The summed E-state index contributed by atoms with van der Waals surface area (Å²) in [7, 11) is 0. The van der Waals surface area contributed by atoms with Crippen molar-refractivity contribution in [2.75, 3.05) is 6.61 Å². The molecule has 0 bridgehead atoms. The van der Waals surface area contributed by atoms with Gasteiger partial charge < -0.3 is 4.74 Å². The normalized spacial score (nSPS) is 16.0. The summed E-state index contributed by atoms with van der Waals surface area (Å²) >= 11 is 0. The van der Waals surface area contributed by atoms with Crippen LogP contribution in [0.5, 0.6) is 5.75 Å². The Labute approximate surface area is 94.7 Å². The summed E-state index contributed by atoms with van der Waals surface area (Å²) in [5.74, 6) is 0.373. The molecular weight excluding hydrogens is 205 g/mol. The highest BCUT2D eigenvalue weighted by Gasteiger charge is 2.16. The van der Waals surface area contributed by atoms with E-state index in [-0.39, 0.29) is 5.75 Å². The standard InChI is InChI=1S/C13H14FNO/c14-12-7-11(8-15)5-6-13(12)16-9-10-3-1-2-4-10/h5-7,10H,1-4,9H2. The van der Waals surface area contributed by atoms with Crippen LogP contribution in [0.15, 0.2) is 18.2 Å². The minimum atomic E-state index is -0.447. The molecule has 0 aromatic heterocycles. The lowest BCUT2D eigenvalue weighted by Gasteiger charge is -2.11. The third-order valence-corrected chi connectivity index (χ3v) is 3.01. The van der Waals surface area contributed by atoms with Crippen LogP contribution in [-0.2, 0) is 0 Å². The molecular formula is C13H14FNO. The third kappa shape index (κ3) is 2.52. The van der Waals surface area contributed by atoms with Crippen LogP contribution in [0.3, 0.4) is 0 Å². The molecule has 0 atom stereocenters. The summed E-state index contributed by atoms with van der Waals surface area (Å²) in [5, 5.41) is 8.60. The molecule has 3 heteroatoms. The van der Waals surface area contributed by atoms with Gasteiger partial charge in [-0.3, -0.25) is 0 Å². The van der Waals surface area contributed by atoms with Crippen molar-refractivity contribution in [2.24, 2.45) is 5.92 Å². The molecule has 0 amide bonds. The van der Waals surface area contributed by atoms with E-state index >= 15 is 0 Å². The zero-order valence-electron chi connectivity index (χ0n) is 9.08. The zero-order valence-corrected chi connectivity index (χ0v) is 9.08. The van der Waals surface area contributed by atoms with E-state index in [4.69, 9.17) is 10.00 Å². The number of nitrogens with zero attached hydrogens (tertiary/aromatic N) is 1. The van der Waals surface area contributed by atoms with Crippen molar-refractivity contribution >= 4 is 0 Å². The first kappa shape index (κ1) is 10.9. The number of ether oxygens (including phenoxy) is 1. The number of hydrogen-bond donors (Lipinski definition) is 0. The average Bonchev–Trinajstić information content (AvgIpc) is 2.80. The summed E-state index contributed by atoms with van der Waals surface area (Å²) in [6.45, 7) is 0.586. The SMILES string of the molecule is N#Cc1ccc(OCC2CCCC2)c(F)c1. The highest BCUT2D eigenvalue weighted by molar-refractivity contribution is 5.35. The third-order valence-electron chi connectivity index (χ3n) is 3.01. The summed E-state index contributed by atoms with van der Waals surface area (Å²) in [6.07, 6.45) is 4.86. The van der Waals surface area contributed by atoms with E-state index in [9.17, 15) is 4.39 Å². The van der Waals surface area contributed by atoms with Crippen LogP contribution < -0.4 is 4.74 Å². The molecule has 84 valence electrons. The van der Waals surface area contributed by atoms with E-state index in [1.807, 2.05) is 6.07 Å². The van der Waals surface area contributed by atoms with Crippen molar-refractivity contribution < 1.29 is 9.13 Å². The molecule has 1 aromatic carbocycles. The fourth-order valence-electron chi connectivity index (χ4n) is 2.07. The van der Waals surface area contributed by atoms with Crippen LogP contribution >= 0.6 is 0 Å². The predicted octanol–water partition coefficient (Wildman–Crippen LogP) is 3.27. The molecule has 0 saturated heterocycles. The number of rotatable bonds is 3. The van der Waals surface area contributed by atoms with Crippen molar-refractivity contribution in [3.63, 3.8) is 0 Å². The van der Waals surface area contributed by atoms with E-state index in [1.165, 1.54) is 37.8 Å². The monoisotopic (exact) mass is 219 g/mol. The fraction of sp³-hybridized carbons (Fsp3) is 0.462. The van der Waals surface area contributed by atoms with E-state index < -0.39 is 5.82 Å². The van der Waals surface area contributed by atoms with E-state index in [0.717, 1.165) is 0 Å². The van der Waals surface area contributed by atoms with Gasteiger partial charge in [-0.25, -0.2) is 4.39 Å². The Morgan fingerprint density at radius 1 is 1.38 bits per heavy atom. The van der Waals surface area contributed by atoms with E-state index in [0.29, 0.717) is 18.1 Å². The molecule has 0 spiro atoms. The highest BCUT2D eigenvalue weighted by atomic mass is 19.1. The summed E-state index contributed by atoms with van der Waals surface area (Å²) in [6, 6.07) is 6.22. The van der Waals surface area contributed by atoms with Crippen molar-refractivity contribution in [3.8, 4) is 11.8 Å². The average molecular weight is 219 g/mol. The lowest BCUT2D eigenvalue weighted by atomic mass is 10.1. The molecule has 1 saturated carbocycles. The fourth-order valence-corrected chi connectivity index (χ4v) is 2.07. The number of benzene rings is 1. The van der Waals surface area contributed by atoms with Crippen molar-refractivity contribution in [1.82, 2.24) is 0 Å². The van der Waals surface area contributed by atoms with Gasteiger partial charge in [0.25, 0.3) is 0 Å². The molecule has 16 heavy (non-hydrogen) atoms. The Bertz CT molecular complexity index is 405. The maximum absolute atomic E-state index is 13.4. The second-order valence-corrected chi connectivity index (χ2v) is 4.22. The molecule has 0 aliphatic heterocycles. The van der Waals surface area contributed by atoms with Gasteiger partial charge in [0.2, 0.25) is 0 Å². The largest absolute Gasteiger partial charge is 0.490 e. The zero-order chi connectivity index (χ0) is 11.4. The van der Waals surface area contributed by atoms with E-state index in [2.05, 4.69) is 0 Å². The quantitative estimate of drug-likeness (QED) is 0.781. The van der Waals surface area contributed by atoms with Gasteiger partial charge in [-0.05, 0) is 37.0 Å². The van der Waals surface area contributed by atoms with Gasteiger partial charge in [0.15, 0.2) is 11.6 Å². The smallest absolute Gasteiger partial charge is 0.166 e. The van der Waals surface area contributed by atoms with E-state index in [1.54, 1.807) is 6.07 Å². The van der Waals surface area contributed by atoms with Gasteiger partial charge >= 0.3 is 0 Å². The van der Waals surface area contributed by atoms with Crippen molar-refractivity contribution in [3.05, 3.63) is 29.6 Å². The predicted molar refractivity (Wildman–Crippen MR) is 58.6 cm³/mol. The Morgan fingerprint density at radius 2 is 2.12 bits per heavy atom. The summed E-state index contributed by atoms with van der Waals surface area (Å²) < 4.78 is 18.9. The highest BCUT2D eigenvalue weighted by Crippen LogP contribution is 2.26. The first-order valence-corrected chi connectivity index (χ1v) is 5.62. The van der Waals surface area contributed by atoms with Crippen LogP contribution in [0.1, 0.15) is 31.2 Å². The Morgan fingerprint density at radius 3 is 2.75 bits per heavy atom. The first-order chi connectivity index (χ1) is 7.79. The van der Waals surface area contributed by atoms with Gasteiger partial charge in [0, 0.05) is 0 Å². The first-order valence-electron chi connectivity index (χ1n) is 5.62. The van der Waals surface area contributed by atoms with Crippen molar-refractivity contribution in [2.45, 2.75) is 25.7 Å². The van der Waals surface area contributed by atoms with Gasteiger partial charge in [0.1, 0.15) is 0 Å². The number of halogens is 1. The van der Waals surface area contributed by atoms with Gasteiger partial charge in [-0.15, -0.1) is 0 Å². The maximum atomic E-state index is 13.4. The molecule has 1 aliphatic carbocycles. The molecule has 0 heterocycles. The second kappa shape index (κ2) is 4.98. The molecule has 2 nitrogen and oxygen atoms in total. The summed E-state index contributed by atoms with van der Waals surface area (Å²) in [5.41, 5.74) is 0.325. The van der Waals surface area contributed by atoms with Crippen LogP contribution in [0.25, 0.3) is 0 Å². The molecule has 0 unspecified atom stereocenters. The lowest BCUT2D eigenvalue weighted by Crippen LogP contribution is -2.08. The van der Waals surface area contributed by atoms with Crippen LogP contribution in [0, 0.1) is 23.1 Å². The molecule has 1 aliphatic rings. The number of nitriles is 1. The topological polar surface area (TPSA) is 33.0 Å².